The molecule has 3 nitrogen and oxygen atoms in total. The second-order valence-corrected chi connectivity index (χ2v) is 4.09. The summed E-state index contributed by atoms with van der Waals surface area (Å²) in [5.74, 6) is -0.110. The largest absolute Gasteiger partial charge is 0.507 e. The molecule has 2 rings (SSSR count). The number of fused-ring (bicyclic) bond motifs is 1. The molecule has 0 aliphatic rings. The van der Waals surface area contributed by atoms with Crippen LogP contribution in [-0.2, 0) is 16.0 Å². The number of carbonyl (C=O) groups is 1. The molecule has 0 unspecified atom stereocenters. The molecule has 2 aromatic rings. The molecule has 0 saturated carbocycles. The van der Waals surface area contributed by atoms with E-state index in [4.69, 9.17) is 0 Å². The summed E-state index contributed by atoms with van der Waals surface area (Å²) >= 11 is 0. The van der Waals surface area contributed by atoms with Gasteiger partial charge in [0.05, 0.1) is 13.5 Å². The van der Waals surface area contributed by atoms with Crippen molar-refractivity contribution >= 4 is 16.7 Å². The molecule has 88 valence electrons. The van der Waals surface area contributed by atoms with E-state index in [2.05, 4.69) is 4.74 Å². The van der Waals surface area contributed by atoms with Crippen LogP contribution < -0.4 is 0 Å². The Morgan fingerprint density at radius 2 is 2.06 bits per heavy atom. The first-order valence-electron chi connectivity index (χ1n) is 5.39. The second-order valence-electron chi connectivity index (χ2n) is 4.09. The van der Waals surface area contributed by atoms with Crippen LogP contribution in [0.1, 0.15) is 11.1 Å². The molecule has 0 atom stereocenters. The number of benzene rings is 2. The van der Waals surface area contributed by atoms with Crippen molar-refractivity contribution in [3.05, 3.63) is 41.5 Å². The van der Waals surface area contributed by atoms with Gasteiger partial charge in [-0.3, -0.25) is 4.79 Å². The Hall–Kier alpha value is -2.03. The highest BCUT2D eigenvalue weighted by Gasteiger charge is 2.07. The van der Waals surface area contributed by atoms with Crippen molar-refractivity contribution in [2.24, 2.45) is 0 Å². The summed E-state index contributed by atoms with van der Waals surface area (Å²) in [4.78, 5) is 11.2. The Bertz CT molecular complexity index is 573. The summed E-state index contributed by atoms with van der Waals surface area (Å²) in [6.07, 6.45) is 0.174. The van der Waals surface area contributed by atoms with Crippen molar-refractivity contribution in [2.45, 2.75) is 13.3 Å². The zero-order valence-electron chi connectivity index (χ0n) is 9.86. The van der Waals surface area contributed by atoms with Crippen LogP contribution in [0, 0.1) is 6.92 Å². The van der Waals surface area contributed by atoms with E-state index in [1.165, 1.54) is 7.11 Å². The van der Waals surface area contributed by atoms with E-state index in [1.807, 2.05) is 31.2 Å². The quantitative estimate of drug-likeness (QED) is 0.806. The van der Waals surface area contributed by atoms with E-state index in [1.54, 1.807) is 6.07 Å². The highest BCUT2D eigenvalue weighted by atomic mass is 16.5. The van der Waals surface area contributed by atoms with E-state index in [-0.39, 0.29) is 18.1 Å². The summed E-state index contributed by atoms with van der Waals surface area (Å²) in [5.41, 5.74) is 1.85. The minimum Gasteiger partial charge on any atom is -0.507 e. The maximum absolute atomic E-state index is 11.2. The van der Waals surface area contributed by atoms with E-state index in [9.17, 15) is 9.90 Å². The van der Waals surface area contributed by atoms with Gasteiger partial charge in [-0.25, -0.2) is 0 Å². The number of rotatable bonds is 2. The average Bonchev–Trinajstić information content (AvgIpc) is 2.30. The SMILES string of the molecule is COC(=O)Cc1cc(O)c2cc(C)ccc2c1. The van der Waals surface area contributed by atoms with Gasteiger partial charge in [-0.05, 0) is 30.0 Å². The minimum absolute atomic E-state index is 0.174. The van der Waals surface area contributed by atoms with Gasteiger partial charge in [0.15, 0.2) is 0 Å². The molecular formula is C14H14O3. The fourth-order valence-corrected chi connectivity index (χ4v) is 1.85. The Labute approximate surface area is 99.6 Å². The maximum Gasteiger partial charge on any atom is 0.309 e. The van der Waals surface area contributed by atoms with Gasteiger partial charge in [0.2, 0.25) is 0 Å². The van der Waals surface area contributed by atoms with Crippen LogP contribution >= 0.6 is 0 Å². The predicted octanol–water partition coefficient (Wildman–Crippen LogP) is 2.57. The molecule has 0 amide bonds. The van der Waals surface area contributed by atoms with Crippen LogP contribution in [0.25, 0.3) is 10.8 Å². The molecule has 0 radical (unpaired) electrons. The predicted molar refractivity (Wildman–Crippen MR) is 66.1 cm³/mol. The summed E-state index contributed by atoms with van der Waals surface area (Å²) in [7, 11) is 1.35. The minimum atomic E-state index is -0.309. The van der Waals surface area contributed by atoms with Crippen LogP contribution in [0.4, 0.5) is 0 Å². The third kappa shape index (κ3) is 2.38. The highest BCUT2D eigenvalue weighted by Crippen LogP contribution is 2.27. The van der Waals surface area contributed by atoms with E-state index >= 15 is 0 Å². The van der Waals surface area contributed by atoms with Crippen LogP contribution in [-0.4, -0.2) is 18.2 Å². The molecule has 3 heteroatoms. The van der Waals surface area contributed by atoms with Crippen molar-refractivity contribution < 1.29 is 14.6 Å². The van der Waals surface area contributed by atoms with Gasteiger partial charge in [-0.1, -0.05) is 23.8 Å². The standard InChI is InChI=1S/C14H14O3/c1-9-3-4-11-6-10(8-14(16)17-2)7-13(15)12(11)5-9/h3-7,15H,8H2,1-2H3. The molecule has 1 N–H and O–H groups in total. The molecular weight excluding hydrogens is 216 g/mol. The van der Waals surface area contributed by atoms with Gasteiger partial charge >= 0.3 is 5.97 Å². The zero-order chi connectivity index (χ0) is 12.4. The van der Waals surface area contributed by atoms with E-state index in [0.717, 1.165) is 21.9 Å². The van der Waals surface area contributed by atoms with Gasteiger partial charge in [0.1, 0.15) is 5.75 Å². The first-order valence-corrected chi connectivity index (χ1v) is 5.39. The maximum atomic E-state index is 11.2. The van der Waals surface area contributed by atoms with Gasteiger partial charge in [0, 0.05) is 5.39 Å². The Kier molecular flexibility index (Phi) is 3.00. The smallest absolute Gasteiger partial charge is 0.309 e. The van der Waals surface area contributed by atoms with Crippen LogP contribution in [0.5, 0.6) is 5.75 Å². The normalized spacial score (nSPS) is 10.5. The van der Waals surface area contributed by atoms with Crippen LogP contribution in [0.15, 0.2) is 30.3 Å². The Morgan fingerprint density at radius 3 is 2.76 bits per heavy atom. The summed E-state index contributed by atoms with van der Waals surface area (Å²) in [6, 6.07) is 9.34. The van der Waals surface area contributed by atoms with Gasteiger partial charge < -0.3 is 9.84 Å². The Morgan fingerprint density at radius 1 is 1.29 bits per heavy atom. The number of aryl methyl sites for hydroxylation is 1. The fourth-order valence-electron chi connectivity index (χ4n) is 1.85. The van der Waals surface area contributed by atoms with Crippen LogP contribution in [0.2, 0.25) is 0 Å². The molecule has 0 saturated heterocycles. The van der Waals surface area contributed by atoms with Crippen molar-refractivity contribution in [1.82, 2.24) is 0 Å². The molecule has 0 aliphatic carbocycles. The summed E-state index contributed by atoms with van der Waals surface area (Å²) < 4.78 is 4.60. The van der Waals surface area contributed by atoms with Crippen molar-refractivity contribution in [3.63, 3.8) is 0 Å². The zero-order valence-corrected chi connectivity index (χ0v) is 9.86. The molecule has 0 fully saturated rings. The lowest BCUT2D eigenvalue weighted by Gasteiger charge is -2.06. The lowest BCUT2D eigenvalue weighted by molar-refractivity contribution is -0.139. The van der Waals surface area contributed by atoms with Gasteiger partial charge in [-0.15, -0.1) is 0 Å². The number of aromatic hydroxyl groups is 1. The third-order valence-electron chi connectivity index (χ3n) is 2.72. The molecule has 2 aromatic carbocycles. The number of hydrogen-bond donors (Lipinski definition) is 1. The van der Waals surface area contributed by atoms with Crippen molar-refractivity contribution in [1.29, 1.82) is 0 Å². The number of phenolic OH excluding ortho intramolecular Hbond substituents is 1. The summed E-state index contributed by atoms with van der Waals surface area (Å²) in [6.45, 7) is 1.97. The van der Waals surface area contributed by atoms with Crippen molar-refractivity contribution in [2.75, 3.05) is 7.11 Å². The number of ether oxygens (including phenoxy) is 1. The number of carbonyl (C=O) groups excluding carboxylic acids is 1. The first-order chi connectivity index (χ1) is 8.10. The second kappa shape index (κ2) is 4.45. The number of methoxy groups -OCH3 is 1. The van der Waals surface area contributed by atoms with E-state index < -0.39 is 0 Å². The lowest BCUT2D eigenvalue weighted by Crippen LogP contribution is -2.04. The molecule has 0 bridgehead atoms. The molecule has 0 aliphatic heterocycles. The number of phenols is 1. The first kappa shape index (κ1) is 11.5. The summed E-state index contributed by atoms with van der Waals surface area (Å²) in [5, 5.41) is 11.6. The lowest BCUT2D eigenvalue weighted by atomic mass is 10.0. The van der Waals surface area contributed by atoms with Gasteiger partial charge in [-0.2, -0.15) is 0 Å². The third-order valence-corrected chi connectivity index (χ3v) is 2.72. The Balaban J connectivity index is 2.48. The monoisotopic (exact) mass is 230 g/mol. The molecule has 0 heterocycles. The highest BCUT2D eigenvalue weighted by molar-refractivity contribution is 5.90. The number of hydrogen-bond acceptors (Lipinski definition) is 3. The van der Waals surface area contributed by atoms with E-state index in [0.29, 0.717) is 0 Å². The topological polar surface area (TPSA) is 46.5 Å². The van der Waals surface area contributed by atoms with Gasteiger partial charge in [0.25, 0.3) is 0 Å². The fraction of sp³-hybridized carbons (Fsp3) is 0.214. The molecule has 17 heavy (non-hydrogen) atoms. The van der Waals surface area contributed by atoms with Crippen LogP contribution in [0.3, 0.4) is 0 Å². The average molecular weight is 230 g/mol. The van der Waals surface area contributed by atoms with Crippen molar-refractivity contribution in [3.8, 4) is 5.75 Å². The molecule has 0 aromatic heterocycles. The number of esters is 1. The molecule has 0 spiro atoms.